The molecule has 0 atom stereocenters. The molecular formula is C21H22N4O4. The van der Waals surface area contributed by atoms with E-state index < -0.39 is 5.91 Å². The van der Waals surface area contributed by atoms with Gasteiger partial charge >= 0.3 is 0 Å². The average molecular weight is 394 g/mol. The molecule has 8 nitrogen and oxygen atoms in total. The first-order valence-electron chi connectivity index (χ1n) is 8.87. The molecule has 0 bridgehead atoms. The SMILES string of the molecule is COc1ccc(CNc2ccc(C(=O)Nc3cc(OC)ccc3OC)nn2)cc1. The van der Waals surface area contributed by atoms with Crippen molar-refractivity contribution in [1.82, 2.24) is 10.2 Å². The Morgan fingerprint density at radius 3 is 2.21 bits per heavy atom. The maximum absolute atomic E-state index is 12.5. The van der Waals surface area contributed by atoms with Crippen LogP contribution in [0.15, 0.2) is 54.6 Å². The highest BCUT2D eigenvalue weighted by Crippen LogP contribution is 2.29. The van der Waals surface area contributed by atoms with Gasteiger partial charge in [-0.15, -0.1) is 10.2 Å². The third-order valence-corrected chi connectivity index (χ3v) is 4.18. The number of benzene rings is 2. The second-order valence-corrected chi connectivity index (χ2v) is 6.03. The Hall–Kier alpha value is -3.81. The van der Waals surface area contributed by atoms with Gasteiger partial charge in [0, 0.05) is 12.6 Å². The van der Waals surface area contributed by atoms with Gasteiger partial charge in [-0.05, 0) is 42.0 Å². The lowest BCUT2D eigenvalue weighted by Gasteiger charge is -2.11. The lowest BCUT2D eigenvalue weighted by Crippen LogP contribution is -2.15. The fraction of sp³-hybridized carbons (Fsp3) is 0.190. The normalized spacial score (nSPS) is 10.2. The molecule has 0 aliphatic heterocycles. The summed E-state index contributed by atoms with van der Waals surface area (Å²) in [5.74, 6) is 2.09. The molecular weight excluding hydrogens is 372 g/mol. The van der Waals surface area contributed by atoms with Crippen molar-refractivity contribution in [1.29, 1.82) is 0 Å². The smallest absolute Gasteiger partial charge is 0.276 e. The monoisotopic (exact) mass is 394 g/mol. The highest BCUT2D eigenvalue weighted by Gasteiger charge is 2.13. The van der Waals surface area contributed by atoms with E-state index in [1.54, 1.807) is 44.6 Å². The second-order valence-electron chi connectivity index (χ2n) is 6.03. The van der Waals surface area contributed by atoms with Gasteiger partial charge in [0.2, 0.25) is 0 Å². The van der Waals surface area contributed by atoms with Gasteiger partial charge in [0.25, 0.3) is 5.91 Å². The Balaban J connectivity index is 1.62. The number of rotatable bonds is 8. The first-order valence-corrected chi connectivity index (χ1v) is 8.87. The van der Waals surface area contributed by atoms with E-state index in [0.717, 1.165) is 11.3 Å². The molecule has 0 unspecified atom stereocenters. The number of methoxy groups -OCH3 is 3. The van der Waals surface area contributed by atoms with Gasteiger partial charge < -0.3 is 24.8 Å². The number of carbonyl (C=O) groups excluding carboxylic acids is 1. The van der Waals surface area contributed by atoms with Crippen LogP contribution in [-0.2, 0) is 6.54 Å². The minimum absolute atomic E-state index is 0.185. The first-order chi connectivity index (χ1) is 14.1. The number of nitrogens with one attached hydrogen (secondary N) is 2. The third-order valence-electron chi connectivity index (χ3n) is 4.18. The van der Waals surface area contributed by atoms with Crippen molar-refractivity contribution in [3.05, 3.63) is 65.9 Å². The number of anilines is 2. The van der Waals surface area contributed by atoms with Crippen molar-refractivity contribution in [2.75, 3.05) is 32.0 Å². The molecule has 8 heteroatoms. The Bertz CT molecular complexity index is 959. The summed E-state index contributed by atoms with van der Waals surface area (Å²) in [6.07, 6.45) is 0. The number of hydrogen-bond acceptors (Lipinski definition) is 7. The molecule has 150 valence electrons. The quantitative estimate of drug-likeness (QED) is 0.605. The van der Waals surface area contributed by atoms with E-state index in [1.165, 1.54) is 7.11 Å². The van der Waals surface area contributed by atoms with E-state index in [2.05, 4.69) is 20.8 Å². The van der Waals surface area contributed by atoms with Crippen LogP contribution in [0.25, 0.3) is 0 Å². The maximum Gasteiger partial charge on any atom is 0.276 e. The lowest BCUT2D eigenvalue weighted by atomic mass is 10.2. The topological polar surface area (TPSA) is 94.6 Å². The first kappa shape index (κ1) is 19.9. The molecule has 1 amide bonds. The summed E-state index contributed by atoms with van der Waals surface area (Å²) in [4.78, 5) is 12.5. The fourth-order valence-electron chi connectivity index (χ4n) is 2.58. The molecule has 0 fully saturated rings. The van der Waals surface area contributed by atoms with Gasteiger partial charge in [-0.25, -0.2) is 0 Å². The second kappa shape index (κ2) is 9.41. The third kappa shape index (κ3) is 5.13. The highest BCUT2D eigenvalue weighted by molar-refractivity contribution is 6.03. The Kier molecular flexibility index (Phi) is 6.47. The van der Waals surface area contributed by atoms with Crippen LogP contribution in [0.3, 0.4) is 0 Å². The van der Waals surface area contributed by atoms with Gasteiger partial charge in [0.15, 0.2) is 5.69 Å². The van der Waals surface area contributed by atoms with Gasteiger partial charge in [-0.1, -0.05) is 12.1 Å². The molecule has 1 heterocycles. The molecule has 3 aromatic rings. The Morgan fingerprint density at radius 2 is 1.59 bits per heavy atom. The molecule has 1 aromatic heterocycles. The molecule has 2 aromatic carbocycles. The zero-order valence-electron chi connectivity index (χ0n) is 16.4. The van der Waals surface area contributed by atoms with Crippen LogP contribution in [0, 0.1) is 0 Å². The summed E-state index contributed by atoms with van der Waals surface area (Å²) < 4.78 is 15.6. The number of carbonyl (C=O) groups is 1. The lowest BCUT2D eigenvalue weighted by molar-refractivity contribution is 0.102. The summed E-state index contributed by atoms with van der Waals surface area (Å²) in [6.45, 7) is 0.575. The van der Waals surface area contributed by atoms with E-state index in [4.69, 9.17) is 14.2 Å². The minimum Gasteiger partial charge on any atom is -0.497 e. The standard InChI is InChI=1S/C21H22N4O4/c1-27-15-6-4-14(5-7-15)13-22-20-11-9-17(24-25-20)21(26)23-18-12-16(28-2)8-10-19(18)29-3/h4-12H,13H2,1-3H3,(H,22,25)(H,23,26). The number of aromatic nitrogens is 2. The molecule has 0 aliphatic carbocycles. The van der Waals surface area contributed by atoms with Crippen LogP contribution in [0.5, 0.6) is 17.2 Å². The molecule has 2 N–H and O–H groups in total. The number of nitrogens with zero attached hydrogens (tertiary/aromatic N) is 2. The summed E-state index contributed by atoms with van der Waals surface area (Å²) in [5, 5.41) is 14.0. The maximum atomic E-state index is 12.5. The summed E-state index contributed by atoms with van der Waals surface area (Å²) in [7, 11) is 4.71. The van der Waals surface area contributed by atoms with Crippen LogP contribution in [0.4, 0.5) is 11.5 Å². The fourth-order valence-corrected chi connectivity index (χ4v) is 2.58. The van der Waals surface area contributed by atoms with Crippen molar-refractivity contribution >= 4 is 17.4 Å². The van der Waals surface area contributed by atoms with Crippen LogP contribution in [-0.4, -0.2) is 37.4 Å². The number of amides is 1. The van der Waals surface area contributed by atoms with Crippen LogP contribution < -0.4 is 24.8 Å². The van der Waals surface area contributed by atoms with E-state index in [0.29, 0.717) is 29.5 Å². The van der Waals surface area contributed by atoms with E-state index >= 15 is 0 Å². The zero-order chi connectivity index (χ0) is 20.6. The summed E-state index contributed by atoms with van der Waals surface area (Å²) >= 11 is 0. The van der Waals surface area contributed by atoms with Crippen molar-refractivity contribution in [2.45, 2.75) is 6.54 Å². The predicted octanol–water partition coefficient (Wildman–Crippen LogP) is 3.37. The summed E-state index contributed by atoms with van der Waals surface area (Å²) in [5.41, 5.74) is 1.74. The zero-order valence-corrected chi connectivity index (χ0v) is 16.4. The van der Waals surface area contributed by atoms with Gasteiger partial charge in [0.1, 0.15) is 23.1 Å². The molecule has 0 spiro atoms. The van der Waals surface area contributed by atoms with Gasteiger partial charge in [-0.3, -0.25) is 4.79 Å². The minimum atomic E-state index is -0.397. The highest BCUT2D eigenvalue weighted by atomic mass is 16.5. The predicted molar refractivity (Wildman–Crippen MR) is 110 cm³/mol. The van der Waals surface area contributed by atoms with Crippen LogP contribution in [0.2, 0.25) is 0 Å². The molecule has 0 radical (unpaired) electrons. The molecule has 3 rings (SSSR count). The summed E-state index contributed by atoms with van der Waals surface area (Å²) in [6, 6.07) is 16.1. The molecule has 29 heavy (non-hydrogen) atoms. The van der Waals surface area contributed by atoms with Gasteiger partial charge in [0.05, 0.1) is 27.0 Å². The average Bonchev–Trinajstić information content (AvgIpc) is 2.78. The largest absolute Gasteiger partial charge is 0.497 e. The molecule has 0 saturated heterocycles. The van der Waals surface area contributed by atoms with Crippen LogP contribution >= 0.6 is 0 Å². The molecule has 0 saturated carbocycles. The van der Waals surface area contributed by atoms with Crippen molar-refractivity contribution < 1.29 is 19.0 Å². The van der Waals surface area contributed by atoms with Crippen molar-refractivity contribution in [3.63, 3.8) is 0 Å². The van der Waals surface area contributed by atoms with Crippen molar-refractivity contribution in [2.24, 2.45) is 0 Å². The number of ether oxygens (including phenoxy) is 3. The Labute approximate surface area is 168 Å². The van der Waals surface area contributed by atoms with E-state index in [1.807, 2.05) is 24.3 Å². The molecule has 0 aliphatic rings. The van der Waals surface area contributed by atoms with Crippen molar-refractivity contribution in [3.8, 4) is 17.2 Å². The van der Waals surface area contributed by atoms with Crippen LogP contribution in [0.1, 0.15) is 16.1 Å². The van der Waals surface area contributed by atoms with Gasteiger partial charge in [-0.2, -0.15) is 0 Å². The number of hydrogen-bond donors (Lipinski definition) is 2. The van der Waals surface area contributed by atoms with E-state index in [-0.39, 0.29) is 5.69 Å². The van der Waals surface area contributed by atoms with E-state index in [9.17, 15) is 4.79 Å². The Morgan fingerprint density at radius 1 is 0.862 bits per heavy atom.